The summed E-state index contributed by atoms with van der Waals surface area (Å²) in [6.07, 6.45) is 0. The Morgan fingerprint density at radius 1 is 1.36 bits per heavy atom. The van der Waals surface area contributed by atoms with Crippen LogP contribution in [0.3, 0.4) is 0 Å². The van der Waals surface area contributed by atoms with E-state index < -0.39 is 0 Å². The molecule has 0 atom stereocenters. The molecule has 2 aromatic rings. The van der Waals surface area contributed by atoms with Crippen LogP contribution in [-0.4, -0.2) is 5.16 Å². The van der Waals surface area contributed by atoms with E-state index in [-0.39, 0.29) is 0 Å². The zero-order valence-corrected chi connectivity index (χ0v) is 10.7. The molecule has 0 amide bonds. The van der Waals surface area contributed by atoms with Gasteiger partial charge in [-0.2, -0.15) is 0 Å². The monoisotopic (exact) mass is 364 g/mol. The summed E-state index contributed by atoms with van der Waals surface area (Å²) < 4.78 is 6.94. The topological polar surface area (TPSA) is 52.0 Å². The van der Waals surface area contributed by atoms with Crippen LogP contribution in [0.4, 0.5) is 5.88 Å². The molecule has 2 rings (SSSR count). The van der Waals surface area contributed by atoms with Crippen LogP contribution in [-0.2, 0) is 0 Å². The summed E-state index contributed by atoms with van der Waals surface area (Å²) in [5.74, 6) is 0.329. The zero-order valence-electron chi connectivity index (χ0n) is 7.00. The fourth-order valence-corrected chi connectivity index (χ4v) is 2.08. The van der Waals surface area contributed by atoms with Crippen LogP contribution >= 0.6 is 38.5 Å². The highest BCUT2D eigenvalue weighted by atomic mass is 127. The van der Waals surface area contributed by atoms with Crippen molar-refractivity contribution in [1.29, 1.82) is 0 Å². The van der Waals surface area contributed by atoms with Crippen molar-refractivity contribution in [3.63, 3.8) is 0 Å². The predicted molar refractivity (Wildman–Crippen MR) is 66.8 cm³/mol. The van der Waals surface area contributed by atoms with Crippen molar-refractivity contribution in [2.45, 2.75) is 0 Å². The molecule has 72 valence electrons. The molecule has 0 saturated heterocycles. The van der Waals surface area contributed by atoms with E-state index in [1.54, 1.807) is 6.07 Å². The molecule has 1 heterocycles. The molecule has 14 heavy (non-hydrogen) atoms. The maximum atomic E-state index is 5.46. The second-order valence-electron chi connectivity index (χ2n) is 2.74. The Morgan fingerprint density at radius 2 is 2.14 bits per heavy atom. The number of benzene rings is 1. The minimum atomic E-state index is 0.329. The quantitative estimate of drug-likeness (QED) is 0.790. The first-order chi connectivity index (χ1) is 6.66. The van der Waals surface area contributed by atoms with Crippen molar-refractivity contribution in [2.24, 2.45) is 0 Å². The Bertz CT molecular complexity index is 470. The Balaban J connectivity index is 2.55. The van der Waals surface area contributed by atoms with Gasteiger partial charge in [-0.25, -0.2) is 0 Å². The standard InChI is InChI=1S/C9H6BrIN2O/c10-5-1-2-7(11)6(3-5)8-4-9(12)14-13-8/h1-4H,12H2. The van der Waals surface area contributed by atoms with Gasteiger partial charge in [0.25, 0.3) is 0 Å². The number of aromatic nitrogens is 1. The first-order valence-electron chi connectivity index (χ1n) is 3.84. The second kappa shape index (κ2) is 3.90. The molecular weight excluding hydrogens is 359 g/mol. The van der Waals surface area contributed by atoms with E-state index in [1.165, 1.54) is 0 Å². The van der Waals surface area contributed by atoms with E-state index in [1.807, 2.05) is 18.2 Å². The van der Waals surface area contributed by atoms with E-state index in [9.17, 15) is 0 Å². The molecule has 0 spiro atoms. The number of nitrogen functional groups attached to an aromatic ring is 1. The van der Waals surface area contributed by atoms with Crippen LogP contribution in [0, 0.1) is 3.57 Å². The summed E-state index contributed by atoms with van der Waals surface area (Å²) in [7, 11) is 0. The lowest BCUT2D eigenvalue weighted by Gasteiger charge is -1.99. The van der Waals surface area contributed by atoms with Crippen molar-refractivity contribution in [1.82, 2.24) is 5.16 Å². The van der Waals surface area contributed by atoms with Crippen molar-refractivity contribution >= 4 is 44.4 Å². The maximum Gasteiger partial charge on any atom is 0.222 e. The predicted octanol–water partition coefficient (Wildman–Crippen LogP) is 3.29. The molecule has 0 saturated carbocycles. The first-order valence-corrected chi connectivity index (χ1v) is 5.71. The highest BCUT2D eigenvalue weighted by Gasteiger charge is 2.08. The van der Waals surface area contributed by atoms with Gasteiger partial charge in [0.05, 0.1) is 0 Å². The average Bonchev–Trinajstić information content (AvgIpc) is 2.56. The first kappa shape index (κ1) is 9.97. The van der Waals surface area contributed by atoms with E-state index in [2.05, 4.69) is 43.7 Å². The Labute approximate surface area is 103 Å². The van der Waals surface area contributed by atoms with E-state index >= 15 is 0 Å². The smallest absolute Gasteiger partial charge is 0.222 e. The largest absolute Gasteiger partial charge is 0.368 e. The van der Waals surface area contributed by atoms with Gasteiger partial charge in [0, 0.05) is 19.7 Å². The third kappa shape index (κ3) is 1.93. The van der Waals surface area contributed by atoms with Crippen molar-refractivity contribution < 1.29 is 4.52 Å². The molecule has 0 fully saturated rings. The minimum Gasteiger partial charge on any atom is -0.368 e. The van der Waals surface area contributed by atoms with Gasteiger partial charge in [0.15, 0.2) is 0 Å². The Kier molecular flexibility index (Phi) is 2.78. The highest BCUT2D eigenvalue weighted by molar-refractivity contribution is 14.1. The number of hydrogen-bond acceptors (Lipinski definition) is 3. The second-order valence-corrected chi connectivity index (χ2v) is 4.82. The lowest BCUT2D eigenvalue weighted by molar-refractivity contribution is 0.439. The zero-order chi connectivity index (χ0) is 10.1. The Morgan fingerprint density at radius 3 is 2.79 bits per heavy atom. The molecule has 1 aromatic heterocycles. The summed E-state index contributed by atoms with van der Waals surface area (Å²) in [5, 5.41) is 3.86. The number of nitrogens with two attached hydrogens (primary N) is 1. The van der Waals surface area contributed by atoms with E-state index in [0.29, 0.717) is 5.88 Å². The summed E-state index contributed by atoms with van der Waals surface area (Å²) in [4.78, 5) is 0. The summed E-state index contributed by atoms with van der Waals surface area (Å²) in [6.45, 7) is 0. The fraction of sp³-hybridized carbons (Fsp3) is 0. The molecule has 0 aliphatic heterocycles. The van der Waals surface area contributed by atoms with Gasteiger partial charge >= 0.3 is 0 Å². The van der Waals surface area contributed by atoms with Gasteiger partial charge in [-0.05, 0) is 40.8 Å². The third-order valence-corrected chi connectivity index (χ3v) is 3.17. The van der Waals surface area contributed by atoms with Crippen molar-refractivity contribution in [3.05, 3.63) is 32.3 Å². The summed E-state index contributed by atoms with van der Waals surface area (Å²) in [5.41, 5.74) is 7.23. The highest BCUT2D eigenvalue weighted by Crippen LogP contribution is 2.28. The number of rotatable bonds is 1. The minimum absolute atomic E-state index is 0.329. The number of anilines is 1. The normalized spacial score (nSPS) is 10.4. The Hall–Kier alpha value is -0.560. The third-order valence-electron chi connectivity index (χ3n) is 1.73. The molecule has 1 aromatic carbocycles. The maximum absolute atomic E-state index is 5.46. The van der Waals surface area contributed by atoms with Gasteiger partial charge in [0.1, 0.15) is 5.69 Å². The van der Waals surface area contributed by atoms with Crippen LogP contribution in [0.2, 0.25) is 0 Å². The lowest BCUT2D eigenvalue weighted by Crippen LogP contribution is -1.82. The summed E-state index contributed by atoms with van der Waals surface area (Å²) in [6, 6.07) is 7.68. The fourth-order valence-electron chi connectivity index (χ4n) is 1.11. The van der Waals surface area contributed by atoms with Gasteiger partial charge in [-0.15, -0.1) is 0 Å². The summed E-state index contributed by atoms with van der Waals surface area (Å²) >= 11 is 5.65. The van der Waals surface area contributed by atoms with E-state index in [4.69, 9.17) is 10.3 Å². The van der Waals surface area contributed by atoms with Gasteiger partial charge in [-0.1, -0.05) is 21.1 Å². The van der Waals surface area contributed by atoms with Crippen LogP contribution < -0.4 is 5.73 Å². The van der Waals surface area contributed by atoms with Crippen LogP contribution in [0.5, 0.6) is 0 Å². The molecule has 0 bridgehead atoms. The molecule has 2 N–H and O–H groups in total. The molecule has 0 radical (unpaired) electrons. The number of halogens is 2. The van der Waals surface area contributed by atoms with E-state index in [0.717, 1.165) is 19.3 Å². The van der Waals surface area contributed by atoms with Crippen molar-refractivity contribution in [3.8, 4) is 11.3 Å². The molecular formula is C9H6BrIN2O. The van der Waals surface area contributed by atoms with Crippen molar-refractivity contribution in [2.75, 3.05) is 5.73 Å². The van der Waals surface area contributed by atoms with Crippen LogP contribution in [0.25, 0.3) is 11.3 Å². The SMILES string of the molecule is Nc1cc(-c2cc(Br)ccc2I)no1. The lowest BCUT2D eigenvalue weighted by atomic mass is 10.1. The number of hydrogen-bond donors (Lipinski definition) is 1. The molecule has 0 aliphatic rings. The average molecular weight is 365 g/mol. The molecule has 0 unspecified atom stereocenters. The molecule has 5 heteroatoms. The molecule has 3 nitrogen and oxygen atoms in total. The van der Waals surface area contributed by atoms with Gasteiger partial charge in [-0.3, -0.25) is 0 Å². The van der Waals surface area contributed by atoms with Crippen LogP contribution in [0.15, 0.2) is 33.3 Å². The van der Waals surface area contributed by atoms with Crippen LogP contribution in [0.1, 0.15) is 0 Å². The van der Waals surface area contributed by atoms with Gasteiger partial charge in [0.2, 0.25) is 5.88 Å². The molecule has 0 aliphatic carbocycles. The van der Waals surface area contributed by atoms with Gasteiger partial charge < -0.3 is 10.3 Å². The number of nitrogens with zero attached hydrogens (tertiary/aromatic N) is 1.